The van der Waals surface area contributed by atoms with Crippen LogP contribution in [0.1, 0.15) is 18.6 Å². The van der Waals surface area contributed by atoms with Crippen LogP contribution in [0.3, 0.4) is 0 Å². The maximum absolute atomic E-state index is 12.4. The van der Waals surface area contributed by atoms with E-state index in [-0.39, 0.29) is 36.8 Å². The van der Waals surface area contributed by atoms with E-state index in [0.717, 1.165) is 45.0 Å². The number of nitrogens with zero attached hydrogens (tertiary/aromatic N) is 4. The van der Waals surface area contributed by atoms with Crippen molar-refractivity contribution in [1.29, 1.82) is 0 Å². The molecule has 0 aromatic carbocycles. The number of ether oxygens (including phenoxy) is 1. The predicted molar refractivity (Wildman–Crippen MR) is 92.6 cm³/mol. The van der Waals surface area contributed by atoms with Crippen molar-refractivity contribution in [2.75, 3.05) is 45.9 Å². The molecule has 2 aliphatic heterocycles. The Labute approximate surface area is 154 Å². The molecule has 0 spiro atoms. The summed E-state index contributed by atoms with van der Waals surface area (Å²) in [5, 5.41) is 7.17. The molecule has 3 heterocycles. The quantitative estimate of drug-likeness (QED) is 0.791. The Morgan fingerprint density at radius 2 is 2.04 bits per heavy atom. The zero-order chi connectivity index (χ0) is 15.4. The highest BCUT2D eigenvalue weighted by atomic mass is 35.5. The fraction of sp³-hybridized carbons (Fsp3) is 0.786. The average Bonchev–Trinajstić information content (AvgIpc) is 3.03. The topological polar surface area (TPSA) is 83.7 Å². The van der Waals surface area contributed by atoms with Crippen LogP contribution in [0.25, 0.3) is 0 Å². The summed E-state index contributed by atoms with van der Waals surface area (Å²) in [6.07, 6.45) is 0.426. The Hall–Kier alpha value is -0.930. The van der Waals surface area contributed by atoms with Gasteiger partial charge >= 0.3 is 0 Å². The molecule has 10 heteroatoms. The highest BCUT2D eigenvalue weighted by molar-refractivity contribution is 5.85. The second-order valence-electron chi connectivity index (χ2n) is 5.62. The summed E-state index contributed by atoms with van der Waals surface area (Å²) in [7, 11) is 0. The number of amides is 1. The fourth-order valence-corrected chi connectivity index (χ4v) is 2.75. The van der Waals surface area contributed by atoms with E-state index < -0.39 is 0 Å². The van der Waals surface area contributed by atoms with Crippen molar-refractivity contribution in [2.45, 2.75) is 26.0 Å². The third-order valence-electron chi connectivity index (χ3n) is 4.06. The third kappa shape index (κ3) is 5.29. The Kier molecular flexibility index (Phi) is 8.93. The highest BCUT2D eigenvalue weighted by Crippen LogP contribution is 2.10. The number of piperazine rings is 1. The molecule has 0 bridgehead atoms. The number of carbonyl (C=O) groups excluding carboxylic acids is 1. The maximum atomic E-state index is 12.4. The largest absolute Gasteiger partial charge is 0.366 e. The van der Waals surface area contributed by atoms with Crippen LogP contribution in [0.5, 0.6) is 0 Å². The molecule has 1 aromatic rings. The summed E-state index contributed by atoms with van der Waals surface area (Å²) in [6, 6.07) is 0. The predicted octanol–water partition coefficient (Wildman–Crippen LogP) is 0.108. The minimum Gasteiger partial charge on any atom is -0.366 e. The molecular weight excluding hydrogens is 357 g/mol. The molecule has 1 aromatic heterocycles. The van der Waals surface area contributed by atoms with Gasteiger partial charge in [-0.2, -0.15) is 4.98 Å². The van der Waals surface area contributed by atoms with Crippen LogP contribution in [0.2, 0.25) is 0 Å². The zero-order valence-corrected chi connectivity index (χ0v) is 15.4. The molecule has 1 amide bonds. The number of nitrogens with one attached hydrogen (secondary N) is 1. The van der Waals surface area contributed by atoms with E-state index in [2.05, 4.69) is 20.4 Å². The van der Waals surface area contributed by atoms with Crippen molar-refractivity contribution in [1.82, 2.24) is 25.3 Å². The Balaban J connectivity index is 0.00000144. The van der Waals surface area contributed by atoms with E-state index >= 15 is 0 Å². The number of halogens is 2. The summed E-state index contributed by atoms with van der Waals surface area (Å²) in [5.74, 6) is 1.49. The van der Waals surface area contributed by atoms with Gasteiger partial charge in [0.1, 0.15) is 6.10 Å². The summed E-state index contributed by atoms with van der Waals surface area (Å²) in [5.41, 5.74) is 0. The first-order chi connectivity index (χ1) is 10.8. The number of aryl methyl sites for hydroxylation is 1. The first-order valence-electron chi connectivity index (χ1n) is 7.91. The van der Waals surface area contributed by atoms with Crippen LogP contribution in [0.4, 0.5) is 0 Å². The minimum absolute atomic E-state index is 0. The fourth-order valence-electron chi connectivity index (χ4n) is 2.75. The number of aromatic nitrogens is 2. The van der Waals surface area contributed by atoms with Crippen LogP contribution >= 0.6 is 24.8 Å². The lowest BCUT2D eigenvalue weighted by atomic mass is 10.2. The smallest absolute Gasteiger partial charge is 0.253 e. The SMILES string of the molecule is CCc1nc(CN2CCN(C(=O)C3CNCCO3)CC2)no1.Cl.Cl. The molecule has 2 fully saturated rings. The number of hydrogen-bond acceptors (Lipinski definition) is 7. The van der Waals surface area contributed by atoms with Crippen molar-refractivity contribution >= 4 is 30.7 Å². The van der Waals surface area contributed by atoms with Gasteiger partial charge in [-0.25, -0.2) is 0 Å². The van der Waals surface area contributed by atoms with E-state index in [1.165, 1.54) is 0 Å². The van der Waals surface area contributed by atoms with Crippen molar-refractivity contribution in [3.05, 3.63) is 11.7 Å². The first-order valence-corrected chi connectivity index (χ1v) is 7.91. The van der Waals surface area contributed by atoms with E-state index in [1.54, 1.807) is 0 Å². The summed E-state index contributed by atoms with van der Waals surface area (Å²) < 4.78 is 10.6. The number of hydrogen-bond donors (Lipinski definition) is 1. The monoisotopic (exact) mass is 381 g/mol. The molecule has 8 nitrogen and oxygen atoms in total. The number of morpholine rings is 1. The first kappa shape index (κ1) is 21.1. The van der Waals surface area contributed by atoms with E-state index in [0.29, 0.717) is 25.6 Å². The van der Waals surface area contributed by atoms with Crippen LogP contribution in [0, 0.1) is 0 Å². The van der Waals surface area contributed by atoms with Gasteiger partial charge in [0.15, 0.2) is 5.82 Å². The van der Waals surface area contributed by atoms with Gasteiger partial charge in [0.05, 0.1) is 13.2 Å². The Morgan fingerprint density at radius 3 is 2.62 bits per heavy atom. The molecule has 138 valence electrons. The van der Waals surface area contributed by atoms with E-state index in [4.69, 9.17) is 9.26 Å². The van der Waals surface area contributed by atoms with Crippen LogP contribution in [-0.2, 0) is 22.5 Å². The van der Waals surface area contributed by atoms with Gasteiger partial charge in [-0.3, -0.25) is 9.69 Å². The summed E-state index contributed by atoms with van der Waals surface area (Å²) in [4.78, 5) is 20.8. The molecule has 24 heavy (non-hydrogen) atoms. The Bertz CT molecular complexity index is 502. The van der Waals surface area contributed by atoms with Crippen molar-refractivity contribution in [2.24, 2.45) is 0 Å². The Morgan fingerprint density at radius 1 is 1.29 bits per heavy atom. The van der Waals surface area contributed by atoms with Gasteiger partial charge in [-0.05, 0) is 0 Å². The molecule has 0 aliphatic carbocycles. The average molecular weight is 382 g/mol. The third-order valence-corrected chi connectivity index (χ3v) is 4.06. The van der Waals surface area contributed by atoms with Gasteiger partial charge in [0.25, 0.3) is 5.91 Å². The molecule has 0 saturated carbocycles. The van der Waals surface area contributed by atoms with Gasteiger partial charge in [-0.15, -0.1) is 24.8 Å². The normalized spacial score (nSPS) is 21.7. The maximum Gasteiger partial charge on any atom is 0.253 e. The second-order valence-corrected chi connectivity index (χ2v) is 5.62. The second kappa shape index (κ2) is 10.1. The van der Waals surface area contributed by atoms with Crippen LogP contribution < -0.4 is 5.32 Å². The molecule has 3 rings (SSSR count). The number of rotatable bonds is 4. The highest BCUT2D eigenvalue weighted by Gasteiger charge is 2.29. The zero-order valence-electron chi connectivity index (χ0n) is 13.8. The molecule has 2 aliphatic rings. The lowest BCUT2D eigenvalue weighted by molar-refractivity contribution is -0.147. The number of carbonyl (C=O) groups is 1. The van der Waals surface area contributed by atoms with Crippen molar-refractivity contribution in [3.8, 4) is 0 Å². The molecule has 0 radical (unpaired) electrons. The van der Waals surface area contributed by atoms with Gasteiger partial charge < -0.3 is 19.5 Å². The molecule has 1 atom stereocenters. The van der Waals surface area contributed by atoms with Gasteiger partial charge in [0, 0.05) is 45.7 Å². The van der Waals surface area contributed by atoms with Crippen molar-refractivity contribution < 1.29 is 14.1 Å². The standard InChI is InChI=1S/C14H23N5O3.2ClH/c1-2-13-16-12(17-22-13)10-18-4-6-19(7-5-18)14(20)11-9-15-3-8-21-11;;/h11,15H,2-10H2,1H3;2*1H. The summed E-state index contributed by atoms with van der Waals surface area (Å²) in [6.45, 7) is 7.78. The summed E-state index contributed by atoms with van der Waals surface area (Å²) >= 11 is 0. The van der Waals surface area contributed by atoms with Crippen LogP contribution in [-0.4, -0.2) is 77.8 Å². The van der Waals surface area contributed by atoms with Gasteiger partial charge in [-0.1, -0.05) is 12.1 Å². The van der Waals surface area contributed by atoms with Crippen molar-refractivity contribution in [3.63, 3.8) is 0 Å². The van der Waals surface area contributed by atoms with E-state index in [9.17, 15) is 4.79 Å². The van der Waals surface area contributed by atoms with Gasteiger partial charge in [0.2, 0.25) is 5.89 Å². The van der Waals surface area contributed by atoms with Crippen LogP contribution in [0.15, 0.2) is 4.52 Å². The lowest BCUT2D eigenvalue weighted by Gasteiger charge is -2.36. The van der Waals surface area contributed by atoms with E-state index in [1.807, 2.05) is 11.8 Å². The lowest BCUT2D eigenvalue weighted by Crippen LogP contribution is -2.54. The molecule has 1 unspecified atom stereocenters. The minimum atomic E-state index is -0.329. The molecule has 2 saturated heterocycles. The molecular formula is C14H25Cl2N5O3. The molecule has 1 N–H and O–H groups in total.